The van der Waals surface area contributed by atoms with Crippen LogP contribution in [-0.4, -0.2) is 26.5 Å². The summed E-state index contributed by atoms with van der Waals surface area (Å²) in [5.74, 6) is 0.327. The van der Waals surface area contributed by atoms with Crippen molar-refractivity contribution in [1.82, 2.24) is 9.71 Å². The van der Waals surface area contributed by atoms with Gasteiger partial charge in [-0.3, -0.25) is 0 Å². The van der Waals surface area contributed by atoms with E-state index in [4.69, 9.17) is 0 Å². The van der Waals surface area contributed by atoms with E-state index in [1.807, 2.05) is 25.1 Å². The van der Waals surface area contributed by atoms with Gasteiger partial charge in [-0.1, -0.05) is 18.2 Å². The second-order valence-electron chi connectivity index (χ2n) is 6.49. The predicted octanol–water partition coefficient (Wildman–Crippen LogP) is 3.82. The molecule has 0 unspecified atom stereocenters. The molecule has 0 aliphatic carbocycles. The highest BCUT2D eigenvalue weighted by atomic mass is 32.2. The van der Waals surface area contributed by atoms with Crippen LogP contribution in [0.5, 0.6) is 0 Å². The topological polar surface area (TPSA) is 94.9 Å². The fraction of sp³-hybridized carbons (Fsp3) is 0.200. The van der Waals surface area contributed by atoms with Gasteiger partial charge in [-0.2, -0.15) is 18.4 Å². The molecule has 2 N–H and O–H groups in total. The lowest BCUT2D eigenvalue weighted by atomic mass is 10.1. The Bertz CT molecular complexity index is 1220. The Labute approximate surface area is 171 Å². The van der Waals surface area contributed by atoms with Gasteiger partial charge < -0.3 is 5.32 Å². The molecule has 0 spiro atoms. The number of sulfonamides is 1. The van der Waals surface area contributed by atoms with Crippen molar-refractivity contribution in [2.24, 2.45) is 0 Å². The second-order valence-corrected chi connectivity index (χ2v) is 8.26. The van der Waals surface area contributed by atoms with E-state index >= 15 is 0 Å². The minimum Gasteiger partial charge on any atom is -0.368 e. The van der Waals surface area contributed by atoms with Gasteiger partial charge in [-0.05, 0) is 42.8 Å². The molecule has 30 heavy (non-hydrogen) atoms. The van der Waals surface area contributed by atoms with Crippen molar-refractivity contribution < 1.29 is 21.6 Å². The van der Waals surface area contributed by atoms with Gasteiger partial charge in [0.2, 0.25) is 10.0 Å². The summed E-state index contributed by atoms with van der Waals surface area (Å²) in [6.45, 7) is 1.96. The maximum atomic E-state index is 12.6. The summed E-state index contributed by atoms with van der Waals surface area (Å²) in [5, 5.41) is 13.1. The van der Waals surface area contributed by atoms with Crippen molar-refractivity contribution in [1.29, 1.82) is 5.26 Å². The highest BCUT2D eigenvalue weighted by molar-refractivity contribution is 7.89. The van der Waals surface area contributed by atoms with Gasteiger partial charge in [0, 0.05) is 18.5 Å². The van der Waals surface area contributed by atoms with Crippen LogP contribution in [-0.2, 0) is 16.2 Å². The van der Waals surface area contributed by atoms with Crippen LogP contribution in [0.3, 0.4) is 0 Å². The Morgan fingerprint density at radius 2 is 1.80 bits per heavy atom. The number of hydrogen-bond donors (Lipinski definition) is 2. The van der Waals surface area contributed by atoms with E-state index in [9.17, 15) is 26.9 Å². The molecule has 10 heteroatoms. The second kappa shape index (κ2) is 8.30. The van der Waals surface area contributed by atoms with E-state index in [0.717, 1.165) is 28.6 Å². The maximum Gasteiger partial charge on any atom is 0.416 e. The Kier molecular flexibility index (Phi) is 5.96. The zero-order valence-corrected chi connectivity index (χ0v) is 16.6. The summed E-state index contributed by atoms with van der Waals surface area (Å²) >= 11 is 0. The summed E-state index contributed by atoms with van der Waals surface area (Å²) in [7, 11) is -3.98. The number of para-hydroxylation sites is 1. The summed E-state index contributed by atoms with van der Waals surface area (Å²) in [4.78, 5) is 4.18. The van der Waals surface area contributed by atoms with E-state index in [-0.39, 0.29) is 18.0 Å². The number of nitrogens with zero attached hydrogens (tertiary/aromatic N) is 2. The summed E-state index contributed by atoms with van der Waals surface area (Å²) in [6.07, 6.45) is -4.54. The lowest BCUT2D eigenvalue weighted by Crippen LogP contribution is -2.29. The number of alkyl halides is 3. The lowest BCUT2D eigenvalue weighted by Gasteiger charge is -2.12. The van der Waals surface area contributed by atoms with Gasteiger partial charge in [-0.15, -0.1) is 0 Å². The Balaban J connectivity index is 1.67. The number of aromatic nitrogens is 1. The van der Waals surface area contributed by atoms with Crippen LogP contribution in [0.1, 0.15) is 16.7 Å². The number of aryl methyl sites for hydroxylation is 1. The minimum absolute atomic E-state index is 0.0539. The normalized spacial score (nSPS) is 12.0. The highest BCUT2D eigenvalue weighted by Crippen LogP contribution is 2.29. The van der Waals surface area contributed by atoms with Crippen molar-refractivity contribution >= 4 is 26.7 Å². The van der Waals surface area contributed by atoms with Gasteiger partial charge in [-0.25, -0.2) is 18.1 Å². The molecule has 0 fully saturated rings. The first-order chi connectivity index (χ1) is 14.1. The van der Waals surface area contributed by atoms with Crippen molar-refractivity contribution in [3.05, 3.63) is 65.2 Å². The molecule has 1 heterocycles. The van der Waals surface area contributed by atoms with Gasteiger partial charge in [0.05, 0.1) is 21.5 Å². The number of benzene rings is 2. The average molecular weight is 434 g/mol. The number of halogens is 3. The summed E-state index contributed by atoms with van der Waals surface area (Å²) in [6, 6.07) is 12.6. The number of pyridine rings is 1. The van der Waals surface area contributed by atoms with Crippen molar-refractivity contribution in [2.75, 3.05) is 18.4 Å². The van der Waals surface area contributed by atoms with E-state index in [2.05, 4.69) is 21.1 Å². The molecular weight excluding hydrogens is 417 g/mol. The number of fused-ring (bicyclic) bond motifs is 1. The molecular formula is C20H17F3N4O2S. The maximum absolute atomic E-state index is 12.6. The first kappa shape index (κ1) is 21.5. The summed E-state index contributed by atoms with van der Waals surface area (Å²) in [5.41, 5.74) is 1.05. The largest absolute Gasteiger partial charge is 0.416 e. The van der Waals surface area contributed by atoms with Crippen LogP contribution in [0.15, 0.2) is 53.4 Å². The predicted molar refractivity (Wildman–Crippen MR) is 106 cm³/mol. The molecule has 1 aromatic heterocycles. The Morgan fingerprint density at radius 3 is 2.43 bits per heavy atom. The standard InChI is InChI=1S/C20H17F3N4O2S/c1-13-3-2-4-14-11-15(12-24)19(27-18(13)14)25-9-10-26-30(28,29)17-7-5-16(6-8-17)20(21,22)23/h2-8,11,26H,9-10H2,1H3,(H,25,27). The SMILES string of the molecule is Cc1cccc2cc(C#N)c(NCCNS(=O)(=O)c3ccc(C(F)(F)F)cc3)nc12. The van der Waals surface area contributed by atoms with Gasteiger partial charge in [0.25, 0.3) is 0 Å². The van der Waals surface area contributed by atoms with E-state index in [1.54, 1.807) is 6.07 Å². The first-order valence-electron chi connectivity index (χ1n) is 8.83. The molecule has 2 aromatic carbocycles. The smallest absolute Gasteiger partial charge is 0.368 e. The Hall–Kier alpha value is -3.16. The fourth-order valence-corrected chi connectivity index (χ4v) is 3.87. The Morgan fingerprint density at radius 1 is 1.10 bits per heavy atom. The molecule has 0 aliphatic heterocycles. The zero-order valence-electron chi connectivity index (χ0n) is 15.8. The number of rotatable bonds is 6. The molecule has 0 bridgehead atoms. The van der Waals surface area contributed by atoms with E-state index < -0.39 is 21.8 Å². The van der Waals surface area contributed by atoms with Gasteiger partial charge in [0.15, 0.2) is 0 Å². The van der Waals surface area contributed by atoms with Crippen LogP contribution >= 0.6 is 0 Å². The van der Waals surface area contributed by atoms with Crippen LogP contribution < -0.4 is 10.0 Å². The quantitative estimate of drug-likeness (QED) is 0.575. The van der Waals surface area contributed by atoms with E-state index in [0.29, 0.717) is 23.5 Å². The molecule has 0 saturated carbocycles. The number of anilines is 1. The molecule has 156 valence electrons. The van der Waals surface area contributed by atoms with Crippen LogP contribution in [0.4, 0.5) is 19.0 Å². The molecule has 0 radical (unpaired) electrons. The third kappa shape index (κ3) is 4.69. The lowest BCUT2D eigenvalue weighted by molar-refractivity contribution is -0.137. The van der Waals surface area contributed by atoms with Crippen molar-refractivity contribution in [3.63, 3.8) is 0 Å². The highest BCUT2D eigenvalue weighted by Gasteiger charge is 2.30. The third-order valence-corrected chi connectivity index (χ3v) is 5.85. The van der Waals surface area contributed by atoms with Crippen LogP contribution in [0.2, 0.25) is 0 Å². The van der Waals surface area contributed by atoms with Crippen molar-refractivity contribution in [2.45, 2.75) is 18.0 Å². The van der Waals surface area contributed by atoms with E-state index in [1.165, 1.54) is 0 Å². The summed E-state index contributed by atoms with van der Waals surface area (Å²) < 4.78 is 64.6. The van der Waals surface area contributed by atoms with Crippen LogP contribution in [0.25, 0.3) is 10.9 Å². The molecule has 6 nitrogen and oxygen atoms in total. The molecule has 3 rings (SSSR count). The minimum atomic E-state index is -4.54. The number of hydrogen-bond acceptors (Lipinski definition) is 5. The monoisotopic (exact) mass is 434 g/mol. The molecule has 0 atom stereocenters. The molecule has 0 amide bonds. The molecule has 0 saturated heterocycles. The third-order valence-electron chi connectivity index (χ3n) is 4.37. The number of nitrogens with one attached hydrogen (secondary N) is 2. The fourth-order valence-electron chi connectivity index (χ4n) is 2.84. The van der Waals surface area contributed by atoms with Gasteiger partial charge >= 0.3 is 6.18 Å². The number of nitriles is 1. The van der Waals surface area contributed by atoms with Crippen molar-refractivity contribution in [3.8, 4) is 6.07 Å². The van der Waals surface area contributed by atoms with Crippen LogP contribution in [0, 0.1) is 18.3 Å². The van der Waals surface area contributed by atoms with Gasteiger partial charge in [0.1, 0.15) is 11.9 Å². The molecule has 0 aliphatic rings. The molecule has 3 aromatic rings. The first-order valence-corrected chi connectivity index (χ1v) is 10.3. The average Bonchev–Trinajstić information content (AvgIpc) is 2.70. The zero-order chi connectivity index (χ0) is 21.9.